The van der Waals surface area contributed by atoms with Gasteiger partial charge in [0.05, 0.1) is 6.20 Å². The molecule has 74 valence electrons. The molecule has 1 heterocycles. The number of rotatable bonds is 6. The highest BCUT2D eigenvalue weighted by atomic mass is 15.3. The maximum Gasteiger partial charge on any atom is 0.0521 e. The Morgan fingerprint density at radius 2 is 2.31 bits per heavy atom. The molecule has 1 N–H and O–H groups in total. The number of nitrogens with one attached hydrogen (secondary N) is 1. The maximum absolute atomic E-state index is 4.23. The molecule has 3 nitrogen and oxygen atoms in total. The van der Waals surface area contributed by atoms with E-state index in [2.05, 4.69) is 30.5 Å². The minimum Gasteiger partial charge on any atom is -0.317 e. The molecule has 0 radical (unpaired) electrons. The molecule has 1 aromatic rings. The van der Waals surface area contributed by atoms with Crippen molar-refractivity contribution in [3.05, 3.63) is 18.0 Å². The summed E-state index contributed by atoms with van der Waals surface area (Å²) in [6.45, 7) is 7.37. The summed E-state index contributed by atoms with van der Waals surface area (Å²) in [7, 11) is 0. The average molecular weight is 181 g/mol. The van der Waals surface area contributed by atoms with Crippen LogP contribution in [0.3, 0.4) is 0 Å². The van der Waals surface area contributed by atoms with Gasteiger partial charge in [0, 0.05) is 12.7 Å². The highest BCUT2D eigenvalue weighted by molar-refractivity contribution is 5.03. The first-order valence-corrected chi connectivity index (χ1v) is 5.08. The van der Waals surface area contributed by atoms with Crippen molar-refractivity contribution in [3.63, 3.8) is 0 Å². The number of aryl methyl sites for hydroxylation is 2. The van der Waals surface area contributed by atoms with Crippen LogP contribution in [0.15, 0.2) is 12.4 Å². The number of aromatic nitrogens is 2. The van der Waals surface area contributed by atoms with Crippen LogP contribution in [0.4, 0.5) is 0 Å². The van der Waals surface area contributed by atoms with Crippen LogP contribution >= 0.6 is 0 Å². The fourth-order valence-corrected chi connectivity index (χ4v) is 1.30. The molecule has 0 aliphatic heterocycles. The van der Waals surface area contributed by atoms with E-state index in [1.807, 2.05) is 10.9 Å². The predicted molar refractivity (Wildman–Crippen MR) is 54.8 cm³/mol. The van der Waals surface area contributed by atoms with Crippen LogP contribution in [-0.2, 0) is 13.0 Å². The Labute approximate surface area is 80.1 Å². The van der Waals surface area contributed by atoms with Gasteiger partial charge in [-0.25, -0.2) is 0 Å². The van der Waals surface area contributed by atoms with Gasteiger partial charge in [-0.15, -0.1) is 0 Å². The molecule has 0 aliphatic carbocycles. The summed E-state index contributed by atoms with van der Waals surface area (Å²) in [5, 5.41) is 7.54. The summed E-state index contributed by atoms with van der Waals surface area (Å²) < 4.78 is 1.97. The SMILES string of the molecule is CCNCCCc1cnn(CC)c1. The smallest absolute Gasteiger partial charge is 0.0521 e. The minimum atomic E-state index is 0.965. The van der Waals surface area contributed by atoms with Crippen molar-refractivity contribution in [1.29, 1.82) is 0 Å². The summed E-state index contributed by atoms with van der Waals surface area (Å²) in [6, 6.07) is 0. The fraction of sp³-hybridized carbons (Fsp3) is 0.700. The van der Waals surface area contributed by atoms with E-state index in [-0.39, 0.29) is 0 Å². The van der Waals surface area contributed by atoms with Gasteiger partial charge >= 0.3 is 0 Å². The largest absolute Gasteiger partial charge is 0.317 e. The molecule has 13 heavy (non-hydrogen) atoms. The molecule has 0 amide bonds. The summed E-state index contributed by atoms with van der Waals surface area (Å²) >= 11 is 0. The van der Waals surface area contributed by atoms with E-state index >= 15 is 0 Å². The molecular formula is C10H19N3. The van der Waals surface area contributed by atoms with Gasteiger partial charge in [0.25, 0.3) is 0 Å². The van der Waals surface area contributed by atoms with Gasteiger partial charge in [-0.2, -0.15) is 5.10 Å². The van der Waals surface area contributed by atoms with Gasteiger partial charge in [-0.1, -0.05) is 6.92 Å². The highest BCUT2D eigenvalue weighted by Crippen LogP contribution is 2.00. The van der Waals surface area contributed by atoms with Gasteiger partial charge in [-0.05, 0) is 38.4 Å². The Balaban J connectivity index is 2.20. The molecule has 0 fully saturated rings. The molecule has 0 unspecified atom stereocenters. The lowest BCUT2D eigenvalue weighted by Crippen LogP contribution is -2.14. The first-order valence-electron chi connectivity index (χ1n) is 5.08. The van der Waals surface area contributed by atoms with Crippen LogP contribution in [0.5, 0.6) is 0 Å². The van der Waals surface area contributed by atoms with E-state index < -0.39 is 0 Å². The van der Waals surface area contributed by atoms with E-state index in [4.69, 9.17) is 0 Å². The van der Waals surface area contributed by atoms with Crippen molar-refractivity contribution in [2.24, 2.45) is 0 Å². The second-order valence-corrected chi connectivity index (χ2v) is 3.16. The third-order valence-electron chi connectivity index (χ3n) is 2.08. The van der Waals surface area contributed by atoms with Crippen molar-refractivity contribution < 1.29 is 0 Å². The van der Waals surface area contributed by atoms with E-state index in [0.717, 1.165) is 26.1 Å². The number of hydrogen-bond acceptors (Lipinski definition) is 2. The second-order valence-electron chi connectivity index (χ2n) is 3.16. The normalized spacial score (nSPS) is 10.6. The molecule has 0 aliphatic rings. The Hall–Kier alpha value is -0.830. The van der Waals surface area contributed by atoms with Crippen molar-refractivity contribution >= 4 is 0 Å². The molecular weight excluding hydrogens is 162 g/mol. The van der Waals surface area contributed by atoms with Crippen LogP contribution in [0.25, 0.3) is 0 Å². The Kier molecular flexibility index (Phi) is 4.54. The van der Waals surface area contributed by atoms with Crippen LogP contribution in [0.1, 0.15) is 25.8 Å². The molecule has 0 saturated heterocycles. The summed E-state index contributed by atoms with van der Waals surface area (Å²) in [5.74, 6) is 0. The molecule has 0 saturated carbocycles. The lowest BCUT2D eigenvalue weighted by Gasteiger charge is -1.98. The predicted octanol–water partition coefficient (Wildman–Crippen LogP) is 1.45. The second kappa shape index (κ2) is 5.75. The Morgan fingerprint density at radius 1 is 1.46 bits per heavy atom. The highest BCUT2D eigenvalue weighted by Gasteiger charge is 1.96. The van der Waals surface area contributed by atoms with Crippen LogP contribution in [0.2, 0.25) is 0 Å². The van der Waals surface area contributed by atoms with Crippen molar-refractivity contribution in [2.45, 2.75) is 33.2 Å². The first kappa shape index (κ1) is 10.3. The van der Waals surface area contributed by atoms with Gasteiger partial charge < -0.3 is 5.32 Å². The number of nitrogens with zero attached hydrogens (tertiary/aromatic N) is 2. The molecule has 0 atom stereocenters. The third-order valence-corrected chi connectivity index (χ3v) is 2.08. The summed E-state index contributed by atoms with van der Waals surface area (Å²) in [6.07, 6.45) is 6.43. The van der Waals surface area contributed by atoms with Crippen LogP contribution in [0, 0.1) is 0 Å². The molecule has 1 aromatic heterocycles. The minimum absolute atomic E-state index is 0.965. The van der Waals surface area contributed by atoms with Gasteiger partial charge in [0.15, 0.2) is 0 Å². The van der Waals surface area contributed by atoms with Gasteiger partial charge in [0.1, 0.15) is 0 Å². The quantitative estimate of drug-likeness (QED) is 0.673. The van der Waals surface area contributed by atoms with E-state index in [1.165, 1.54) is 12.0 Å². The zero-order valence-electron chi connectivity index (χ0n) is 8.58. The molecule has 3 heteroatoms. The standard InChI is InChI=1S/C10H19N3/c1-3-11-7-5-6-10-8-12-13(4-2)9-10/h8-9,11H,3-7H2,1-2H3. The zero-order valence-corrected chi connectivity index (χ0v) is 8.58. The fourth-order valence-electron chi connectivity index (χ4n) is 1.30. The molecule has 0 aromatic carbocycles. The lowest BCUT2D eigenvalue weighted by molar-refractivity contribution is 0.655. The van der Waals surface area contributed by atoms with Crippen molar-refractivity contribution in [3.8, 4) is 0 Å². The molecule has 0 bridgehead atoms. The Morgan fingerprint density at radius 3 is 2.92 bits per heavy atom. The average Bonchev–Trinajstić information content (AvgIpc) is 2.60. The monoisotopic (exact) mass is 181 g/mol. The summed E-state index contributed by atoms with van der Waals surface area (Å²) in [4.78, 5) is 0. The number of hydrogen-bond donors (Lipinski definition) is 1. The van der Waals surface area contributed by atoms with Gasteiger partial charge in [-0.3, -0.25) is 4.68 Å². The van der Waals surface area contributed by atoms with Crippen molar-refractivity contribution in [1.82, 2.24) is 15.1 Å². The molecule has 0 spiro atoms. The topological polar surface area (TPSA) is 29.9 Å². The summed E-state index contributed by atoms with van der Waals surface area (Å²) in [5.41, 5.74) is 1.35. The van der Waals surface area contributed by atoms with Crippen LogP contribution in [-0.4, -0.2) is 22.9 Å². The maximum atomic E-state index is 4.23. The third kappa shape index (κ3) is 3.59. The van der Waals surface area contributed by atoms with E-state index in [9.17, 15) is 0 Å². The van der Waals surface area contributed by atoms with Gasteiger partial charge in [0.2, 0.25) is 0 Å². The zero-order chi connectivity index (χ0) is 9.52. The first-order chi connectivity index (χ1) is 6.36. The van der Waals surface area contributed by atoms with E-state index in [0.29, 0.717) is 0 Å². The lowest BCUT2D eigenvalue weighted by atomic mass is 10.2. The molecule has 1 rings (SSSR count). The van der Waals surface area contributed by atoms with E-state index in [1.54, 1.807) is 0 Å². The Bertz CT molecular complexity index is 230. The van der Waals surface area contributed by atoms with Crippen molar-refractivity contribution in [2.75, 3.05) is 13.1 Å². The van der Waals surface area contributed by atoms with Crippen LogP contribution < -0.4 is 5.32 Å².